The zero-order chi connectivity index (χ0) is 14.8. The molecule has 0 aliphatic heterocycles. The molecule has 0 radical (unpaired) electrons. The Bertz CT molecular complexity index is 625. The highest BCUT2D eigenvalue weighted by atomic mass is 19.4. The molecule has 0 N–H and O–H groups in total. The summed E-state index contributed by atoms with van der Waals surface area (Å²) >= 11 is 0. The van der Waals surface area contributed by atoms with E-state index < -0.39 is 16.7 Å². The predicted octanol–water partition coefficient (Wildman–Crippen LogP) is 2.85. The maximum absolute atomic E-state index is 12.5. The minimum absolute atomic E-state index is 0.00187. The minimum atomic E-state index is -4.45. The summed E-state index contributed by atoms with van der Waals surface area (Å²) in [5.41, 5.74) is -0.832. The Balaban J connectivity index is 2.05. The van der Waals surface area contributed by atoms with Gasteiger partial charge in [-0.2, -0.15) is 13.2 Å². The highest BCUT2D eigenvalue weighted by Gasteiger charge is 2.30. The normalized spacial score (nSPS) is 11.3. The van der Waals surface area contributed by atoms with Gasteiger partial charge in [0.05, 0.1) is 22.9 Å². The summed E-state index contributed by atoms with van der Waals surface area (Å²) in [7, 11) is 0. The first-order valence-corrected chi connectivity index (χ1v) is 5.34. The second kappa shape index (κ2) is 5.19. The molecule has 2 aromatic rings. The molecule has 0 amide bonds. The van der Waals surface area contributed by atoms with Crippen molar-refractivity contribution >= 4 is 5.82 Å². The summed E-state index contributed by atoms with van der Waals surface area (Å²) in [6.07, 6.45) is -3.16. The van der Waals surface area contributed by atoms with Crippen LogP contribution in [-0.2, 0) is 12.9 Å². The van der Waals surface area contributed by atoms with Gasteiger partial charge < -0.3 is 14.9 Å². The number of halogens is 3. The van der Waals surface area contributed by atoms with Crippen LogP contribution in [0, 0.1) is 10.1 Å². The lowest BCUT2D eigenvalue weighted by atomic mass is 10.2. The Morgan fingerprint density at radius 2 is 2.10 bits per heavy atom. The Morgan fingerprint density at radius 3 is 2.70 bits per heavy atom. The van der Waals surface area contributed by atoms with Gasteiger partial charge in [-0.05, 0) is 23.1 Å². The van der Waals surface area contributed by atoms with E-state index in [1.807, 2.05) is 0 Å². The zero-order valence-corrected chi connectivity index (χ0v) is 9.87. The third-order valence-corrected chi connectivity index (χ3v) is 2.34. The van der Waals surface area contributed by atoms with Crippen LogP contribution in [0.15, 0.2) is 36.5 Å². The lowest BCUT2D eigenvalue weighted by molar-refractivity contribution is -0.389. The summed E-state index contributed by atoms with van der Waals surface area (Å²) in [5.74, 6) is -0.365. The molecule has 0 spiro atoms. The fraction of sp³-hybridized carbons (Fsp3) is 0.182. The number of nitrogens with zero attached hydrogens (tertiary/aromatic N) is 3. The standard InChI is InChI=1S/C11H8F3N3O3/c12-11(13,14)8-2-1-3-9(6-8)20-7-16-5-4-10(15-16)17(18)19/h1-6H,7H2. The average molecular weight is 287 g/mol. The number of nitro groups is 1. The van der Waals surface area contributed by atoms with Crippen LogP contribution in [-0.4, -0.2) is 14.7 Å². The monoisotopic (exact) mass is 287 g/mol. The van der Waals surface area contributed by atoms with Gasteiger partial charge >= 0.3 is 12.0 Å². The minimum Gasteiger partial charge on any atom is -0.469 e. The lowest BCUT2D eigenvalue weighted by Gasteiger charge is -2.09. The van der Waals surface area contributed by atoms with Crippen LogP contribution in [0.5, 0.6) is 5.75 Å². The summed E-state index contributed by atoms with van der Waals surface area (Å²) in [6.45, 7) is -0.227. The van der Waals surface area contributed by atoms with Crippen molar-refractivity contribution in [3.8, 4) is 5.75 Å². The third kappa shape index (κ3) is 3.25. The fourth-order valence-electron chi connectivity index (χ4n) is 1.42. The number of aromatic nitrogens is 2. The molecule has 106 valence electrons. The molecule has 9 heteroatoms. The van der Waals surface area contributed by atoms with Gasteiger partial charge in [0.25, 0.3) is 0 Å². The van der Waals surface area contributed by atoms with E-state index in [1.54, 1.807) is 0 Å². The van der Waals surface area contributed by atoms with Crippen LogP contribution < -0.4 is 4.74 Å². The maximum Gasteiger partial charge on any atom is 0.416 e. The Labute approximate surface area is 110 Å². The summed E-state index contributed by atoms with van der Waals surface area (Å²) in [5, 5.41) is 14.0. The first-order valence-electron chi connectivity index (χ1n) is 5.34. The van der Waals surface area contributed by atoms with Gasteiger partial charge in [0.2, 0.25) is 6.73 Å². The van der Waals surface area contributed by atoms with Crippen LogP contribution in [0.3, 0.4) is 0 Å². The molecule has 0 atom stereocenters. The molecule has 1 aromatic carbocycles. The highest BCUT2D eigenvalue weighted by molar-refractivity contribution is 5.30. The van der Waals surface area contributed by atoms with Crippen molar-refractivity contribution in [3.63, 3.8) is 0 Å². The molecule has 0 aliphatic rings. The second-order valence-corrected chi connectivity index (χ2v) is 3.77. The van der Waals surface area contributed by atoms with E-state index in [9.17, 15) is 23.3 Å². The summed E-state index contributed by atoms with van der Waals surface area (Å²) in [6, 6.07) is 5.50. The average Bonchev–Trinajstić information content (AvgIpc) is 2.85. The SMILES string of the molecule is O=[N+]([O-])c1ccn(COc2cccc(C(F)(F)F)c2)n1. The molecular formula is C11H8F3N3O3. The molecule has 0 saturated carbocycles. The molecule has 0 bridgehead atoms. The number of hydrogen-bond acceptors (Lipinski definition) is 4. The Morgan fingerprint density at radius 1 is 1.35 bits per heavy atom. The van der Waals surface area contributed by atoms with Gasteiger partial charge in [-0.25, -0.2) is 0 Å². The number of rotatable bonds is 4. The Hall–Kier alpha value is -2.58. The van der Waals surface area contributed by atoms with Crippen molar-refractivity contribution in [2.45, 2.75) is 12.9 Å². The topological polar surface area (TPSA) is 70.2 Å². The van der Waals surface area contributed by atoms with E-state index in [0.717, 1.165) is 22.9 Å². The molecule has 20 heavy (non-hydrogen) atoms. The summed E-state index contributed by atoms with van der Waals surface area (Å²) in [4.78, 5) is 9.73. The molecule has 0 saturated heterocycles. The van der Waals surface area contributed by atoms with Crippen molar-refractivity contribution in [1.82, 2.24) is 9.78 Å². The smallest absolute Gasteiger partial charge is 0.416 e. The Kier molecular flexibility index (Phi) is 3.59. The predicted molar refractivity (Wildman–Crippen MR) is 61.0 cm³/mol. The van der Waals surface area contributed by atoms with Gasteiger partial charge in [-0.1, -0.05) is 6.07 Å². The number of ether oxygens (including phenoxy) is 1. The number of alkyl halides is 3. The van der Waals surface area contributed by atoms with Crippen LogP contribution >= 0.6 is 0 Å². The first kappa shape index (κ1) is 13.8. The molecular weight excluding hydrogens is 279 g/mol. The number of hydrogen-bond donors (Lipinski definition) is 0. The second-order valence-electron chi connectivity index (χ2n) is 3.77. The molecule has 0 fully saturated rings. The van der Waals surface area contributed by atoms with E-state index >= 15 is 0 Å². The lowest BCUT2D eigenvalue weighted by Crippen LogP contribution is -2.08. The fourth-order valence-corrected chi connectivity index (χ4v) is 1.42. The molecule has 1 aromatic heterocycles. The maximum atomic E-state index is 12.5. The number of benzene rings is 1. The molecule has 2 rings (SSSR count). The van der Waals surface area contributed by atoms with E-state index in [-0.39, 0.29) is 18.3 Å². The quantitative estimate of drug-likeness (QED) is 0.640. The largest absolute Gasteiger partial charge is 0.469 e. The van der Waals surface area contributed by atoms with Crippen molar-refractivity contribution in [1.29, 1.82) is 0 Å². The molecule has 6 nitrogen and oxygen atoms in total. The molecule has 0 unspecified atom stereocenters. The van der Waals surface area contributed by atoms with Crippen molar-refractivity contribution in [3.05, 3.63) is 52.2 Å². The highest BCUT2D eigenvalue weighted by Crippen LogP contribution is 2.31. The van der Waals surface area contributed by atoms with Gasteiger partial charge in [-0.15, -0.1) is 4.68 Å². The van der Waals surface area contributed by atoms with E-state index in [0.29, 0.717) is 0 Å². The van der Waals surface area contributed by atoms with Crippen LogP contribution in [0.25, 0.3) is 0 Å². The van der Waals surface area contributed by atoms with Crippen LogP contribution in [0.1, 0.15) is 5.56 Å². The van der Waals surface area contributed by atoms with E-state index in [2.05, 4.69) is 5.10 Å². The van der Waals surface area contributed by atoms with Gasteiger partial charge in [0, 0.05) is 0 Å². The summed E-state index contributed by atoms with van der Waals surface area (Å²) < 4.78 is 43.6. The van der Waals surface area contributed by atoms with Crippen molar-refractivity contribution < 1.29 is 22.8 Å². The van der Waals surface area contributed by atoms with Gasteiger partial charge in [-0.3, -0.25) is 0 Å². The first-order chi connectivity index (χ1) is 9.36. The van der Waals surface area contributed by atoms with Gasteiger partial charge in [0.15, 0.2) is 0 Å². The van der Waals surface area contributed by atoms with Crippen LogP contribution in [0.2, 0.25) is 0 Å². The zero-order valence-electron chi connectivity index (χ0n) is 9.87. The van der Waals surface area contributed by atoms with Crippen LogP contribution in [0.4, 0.5) is 19.0 Å². The third-order valence-electron chi connectivity index (χ3n) is 2.34. The van der Waals surface area contributed by atoms with Gasteiger partial charge in [0.1, 0.15) is 5.75 Å². The van der Waals surface area contributed by atoms with E-state index in [4.69, 9.17) is 4.74 Å². The van der Waals surface area contributed by atoms with E-state index in [1.165, 1.54) is 18.3 Å². The van der Waals surface area contributed by atoms with Crippen molar-refractivity contribution in [2.75, 3.05) is 0 Å². The van der Waals surface area contributed by atoms with Crippen molar-refractivity contribution in [2.24, 2.45) is 0 Å². The molecule has 1 heterocycles. The molecule has 0 aliphatic carbocycles.